The zero-order chi connectivity index (χ0) is 18.1. The van der Waals surface area contributed by atoms with Crippen molar-refractivity contribution in [2.24, 2.45) is 0 Å². The lowest BCUT2D eigenvalue weighted by molar-refractivity contribution is -0.117. The molecule has 0 fully saturated rings. The van der Waals surface area contributed by atoms with Gasteiger partial charge in [0.25, 0.3) is 0 Å². The summed E-state index contributed by atoms with van der Waals surface area (Å²) in [7, 11) is 0. The van der Waals surface area contributed by atoms with Crippen molar-refractivity contribution in [2.75, 3.05) is 5.32 Å². The molecule has 5 heteroatoms. The molecular weight excluding hydrogens is 328 g/mol. The highest BCUT2D eigenvalue weighted by Crippen LogP contribution is 2.32. The summed E-state index contributed by atoms with van der Waals surface area (Å²) in [5.74, 6) is -0.273. The van der Waals surface area contributed by atoms with Gasteiger partial charge in [0.05, 0.1) is 11.6 Å². The molecule has 0 bridgehead atoms. The highest BCUT2D eigenvalue weighted by Gasteiger charge is 2.31. The summed E-state index contributed by atoms with van der Waals surface area (Å²) in [6.07, 6.45) is 0.662. The molecule has 26 heavy (non-hydrogen) atoms. The molecule has 2 aromatic carbocycles. The van der Waals surface area contributed by atoms with Crippen molar-refractivity contribution in [3.63, 3.8) is 0 Å². The molecular formula is C21H18N2O3. The lowest BCUT2D eigenvalue weighted by atomic mass is 10.0. The number of anilines is 1. The first-order chi connectivity index (χ1) is 12.6. The Morgan fingerprint density at radius 2 is 1.69 bits per heavy atom. The van der Waals surface area contributed by atoms with Crippen molar-refractivity contribution >= 4 is 17.4 Å². The highest BCUT2D eigenvalue weighted by molar-refractivity contribution is 6.08. The fraction of sp³-hybridized carbons (Fsp3) is 0.143. The number of carbonyl (C=O) groups excluding carboxylic acids is 2. The van der Waals surface area contributed by atoms with Gasteiger partial charge in [0.15, 0.2) is 0 Å². The van der Waals surface area contributed by atoms with Gasteiger partial charge >= 0.3 is 0 Å². The number of hydrogen-bond donors (Lipinski definition) is 2. The standard InChI is InChI=1S/C21H18N2O3/c24-16-8-6-15(7-9-16)22-21(26)17-12-13-23-18(17)10-11-19(23)20(25)14-4-2-1-3-5-14/h1-11,17,24H,12-13H2,(H,22,26). The molecule has 130 valence electrons. The number of phenols is 1. The normalized spacial score (nSPS) is 15.5. The predicted molar refractivity (Wildman–Crippen MR) is 98.4 cm³/mol. The number of nitrogens with one attached hydrogen (secondary N) is 1. The molecule has 0 saturated carbocycles. The van der Waals surface area contributed by atoms with Crippen LogP contribution in [0.1, 0.15) is 34.1 Å². The van der Waals surface area contributed by atoms with Crippen LogP contribution in [-0.2, 0) is 11.3 Å². The molecule has 5 nitrogen and oxygen atoms in total. The fourth-order valence-electron chi connectivity index (χ4n) is 3.42. The smallest absolute Gasteiger partial charge is 0.233 e. The van der Waals surface area contributed by atoms with E-state index in [1.165, 1.54) is 12.1 Å². The van der Waals surface area contributed by atoms with E-state index in [1.807, 2.05) is 28.8 Å². The van der Waals surface area contributed by atoms with E-state index < -0.39 is 0 Å². The topological polar surface area (TPSA) is 71.3 Å². The molecule has 1 aromatic heterocycles. The maximum atomic E-state index is 12.7. The van der Waals surface area contributed by atoms with Gasteiger partial charge in [-0.2, -0.15) is 0 Å². The maximum absolute atomic E-state index is 12.7. The third kappa shape index (κ3) is 2.88. The average molecular weight is 346 g/mol. The second kappa shape index (κ2) is 6.52. The average Bonchev–Trinajstić information content (AvgIpc) is 3.26. The van der Waals surface area contributed by atoms with Crippen molar-refractivity contribution in [1.82, 2.24) is 4.57 Å². The lowest BCUT2D eigenvalue weighted by Crippen LogP contribution is -2.19. The van der Waals surface area contributed by atoms with E-state index in [-0.39, 0.29) is 23.4 Å². The molecule has 0 radical (unpaired) electrons. The van der Waals surface area contributed by atoms with Crippen LogP contribution in [0.25, 0.3) is 0 Å². The number of fused-ring (bicyclic) bond motifs is 1. The van der Waals surface area contributed by atoms with E-state index in [4.69, 9.17) is 0 Å². The second-order valence-corrected chi connectivity index (χ2v) is 6.37. The summed E-state index contributed by atoms with van der Waals surface area (Å²) < 4.78 is 1.94. The molecule has 0 spiro atoms. The van der Waals surface area contributed by atoms with E-state index in [0.29, 0.717) is 29.9 Å². The van der Waals surface area contributed by atoms with E-state index in [0.717, 1.165) is 5.69 Å². The van der Waals surface area contributed by atoms with Gasteiger partial charge in [0.2, 0.25) is 11.7 Å². The van der Waals surface area contributed by atoms with Crippen LogP contribution in [0.5, 0.6) is 5.75 Å². The van der Waals surface area contributed by atoms with Crippen LogP contribution in [0.15, 0.2) is 66.7 Å². The zero-order valence-corrected chi connectivity index (χ0v) is 14.1. The summed E-state index contributed by atoms with van der Waals surface area (Å²) in [6, 6.07) is 19.2. The van der Waals surface area contributed by atoms with Gasteiger partial charge < -0.3 is 15.0 Å². The summed E-state index contributed by atoms with van der Waals surface area (Å²) >= 11 is 0. The molecule has 1 unspecified atom stereocenters. The van der Waals surface area contributed by atoms with Gasteiger partial charge in [-0.25, -0.2) is 0 Å². The van der Waals surface area contributed by atoms with Gasteiger partial charge in [-0.15, -0.1) is 0 Å². The van der Waals surface area contributed by atoms with E-state index >= 15 is 0 Å². The number of aromatic nitrogens is 1. The number of phenolic OH excluding ortho intramolecular Hbond substituents is 1. The molecule has 1 amide bonds. The Balaban J connectivity index is 1.55. The maximum Gasteiger partial charge on any atom is 0.233 e. The van der Waals surface area contributed by atoms with Crippen molar-refractivity contribution in [1.29, 1.82) is 0 Å². The Morgan fingerprint density at radius 1 is 0.962 bits per heavy atom. The van der Waals surface area contributed by atoms with Crippen molar-refractivity contribution in [3.8, 4) is 5.75 Å². The number of aromatic hydroxyl groups is 1. The Bertz CT molecular complexity index is 959. The van der Waals surface area contributed by atoms with Crippen LogP contribution in [0.2, 0.25) is 0 Å². The van der Waals surface area contributed by atoms with E-state index in [9.17, 15) is 14.7 Å². The van der Waals surface area contributed by atoms with Gasteiger partial charge in [-0.3, -0.25) is 9.59 Å². The number of hydrogen-bond acceptors (Lipinski definition) is 3. The Hall–Kier alpha value is -3.34. The number of amides is 1. The first kappa shape index (κ1) is 16.1. The van der Waals surface area contributed by atoms with Gasteiger partial charge in [0, 0.05) is 23.5 Å². The quantitative estimate of drug-likeness (QED) is 0.560. The third-order valence-electron chi connectivity index (χ3n) is 4.73. The van der Waals surface area contributed by atoms with Gasteiger partial charge in [-0.05, 0) is 42.8 Å². The molecule has 4 rings (SSSR count). The largest absolute Gasteiger partial charge is 0.508 e. The summed E-state index contributed by atoms with van der Waals surface area (Å²) in [4.78, 5) is 25.4. The minimum absolute atomic E-state index is 0.0311. The van der Waals surface area contributed by atoms with Crippen LogP contribution in [0, 0.1) is 0 Å². The molecule has 3 aromatic rings. The van der Waals surface area contributed by atoms with Crippen LogP contribution in [0.4, 0.5) is 5.69 Å². The molecule has 1 atom stereocenters. The lowest BCUT2D eigenvalue weighted by Gasteiger charge is -2.11. The molecule has 2 heterocycles. The minimum Gasteiger partial charge on any atom is -0.508 e. The highest BCUT2D eigenvalue weighted by atomic mass is 16.3. The van der Waals surface area contributed by atoms with Gasteiger partial charge in [0.1, 0.15) is 5.75 Å². The Kier molecular flexibility index (Phi) is 4.05. The second-order valence-electron chi connectivity index (χ2n) is 6.37. The Labute approximate surface area is 150 Å². The SMILES string of the molecule is O=C(c1ccccc1)c1ccc2n1CCC2C(=O)Nc1ccc(O)cc1. The molecule has 1 aliphatic rings. The molecule has 1 aliphatic heterocycles. The summed E-state index contributed by atoms with van der Waals surface area (Å²) in [6.45, 7) is 0.643. The fourth-order valence-corrected chi connectivity index (χ4v) is 3.42. The van der Waals surface area contributed by atoms with Gasteiger partial charge in [-0.1, -0.05) is 30.3 Å². The first-order valence-corrected chi connectivity index (χ1v) is 8.52. The summed E-state index contributed by atoms with van der Waals surface area (Å²) in [5.41, 5.74) is 2.76. The number of benzene rings is 2. The monoisotopic (exact) mass is 346 g/mol. The number of carbonyl (C=O) groups is 2. The predicted octanol–water partition coefficient (Wildman–Crippen LogP) is 3.55. The van der Waals surface area contributed by atoms with Crippen LogP contribution in [0.3, 0.4) is 0 Å². The molecule has 2 N–H and O–H groups in total. The van der Waals surface area contributed by atoms with Crippen molar-refractivity contribution in [3.05, 3.63) is 83.7 Å². The number of nitrogens with zero attached hydrogens (tertiary/aromatic N) is 1. The third-order valence-corrected chi connectivity index (χ3v) is 4.73. The van der Waals surface area contributed by atoms with Crippen LogP contribution in [-0.4, -0.2) is 21.4 Å². The summed E-state index contributed by atoms with van der Waals surface area (Å²) in [5, 5.41) is 12.2. The van der Waals surface area contributed by atoms with E-state index in [1.54, 1.807) is 30.3 Å². The molecule has 0 aliphatic carbocycles. The van der Waals surface area contributed by atoms with E-state index in [2.05, 4.69) is 5.32 Å². The first-order valence-electron chi connectivity index (χ1n) is 8.52. The zero-order valence-electron chi connectivity index (χ0n) is 14.1. The minimum atomic E-state index is -0.291. The Morgan fingerprint density at radius 3 is 2.42 bits per heavy atom. The van der Waals surface area contributed by atoms with Crippen LogP contribution >= 0.6 is 0 Å². The molecule has 0 saturated heterocycles. The number of ketones is 1. The van der Waals surface area contributed by atoms with Crippen molar-refractivity contribution < 1.29 is 14.7 Å². The number of rotatable bonds is 4. The van der Waals surface area contributed by atoms with Crippen molar-refractivity contribution in [2.45, 2.75) is 18.9 Å². The van der Waals surface area contributed by atoms with Crippen LogP contribution < -0.4 is 5.32 Å².